The molecule has 4 nitrogen and oxygen atoms in total. The van der Waals surface area contributed by atoms with Crippen LogP contribution in [0.2, 0.25) is 0 Å². The predicted octanol–water partition coefficient (Wildman–Crippen LogP) is 5.34. The molecule has 128 valence electrons. The number of carboxylic acids is 1. The normalized spacial score (nSPS) is 10.8. The number of fused-ring (bicyclic) bond motifs is 1. The van der Waals surface area contributed by atoms with Crippen LogP contribution in [0.5, 0.6) is 5.75 Å². The summed E-state index contributed by atoms with van der Waals surface area (Å²) in [7, 11) is 1.65. The molecule has 0 saturated heterocycles. The maximum Gasteiger partial charge on any atom is 0.345 e. The number of methoxy groups -OCH3 is 1. The lowest BCUT2D eigenvalue weighted by Crippen LogP contribution is -1.89. The number of carbonyl (C=O) groups is 1. The Morgan fingerprint density at radius 2 is 1.77 bits per heavy atom. The molecule has 2 aromatic heterocycles. The van der Waals surface area contributed by atoms with Gasteiger partial charge in [-0.3, -0.25) is 4.98 Å². The van der Waals surface area contributed by atoms with Gasteiger partial charge in [0.1, 0.15) is 10.6 Å². The Labute approximate surface area is 154 Å². The zero-order valence-corrected chi connectivity index (χ0v) is 14.8. The summed E-state index contributed by atoms with van der Waals surface area (Å²) in [6.07, 6.45) is 3.50. The van der Waals surface area contributed by atoms with E-state index in [1.54, 1.807) is 25.6 Å². The van der Waals surface area contributed by atoms with Crippen LogP contribution in [0.25, 0.3) is 32.3 Å². The fraction of sp³-hybridized carbons (Fsp3) is 0.0476. The first-order valence-corrected chi connectivity index (χ1v) is 8.83. The molecule has 0 atom stereocenters. The van der Waals surface area contributed by atoms with Gasteiger partial charge in [0.05, 0.1) is 11.8 Å². The van der Waals surface area contributed by atoms with Crippen molar-refractivity contribution in [1.82, 2.24) is 4.98 Å². The Morgan fingerprint density at radius 1 is 1.00 bits per heavy atom. The van der Waals surface area contributed by atoms with Gasteiger partial charge >= 0.3 is 5.97 Å². The predicted molar refractivity (Wildman–Crippen MR) is 104 cm³/mol. The largest absolute Gasteiger partial charge is 0.497 e. The minimum atomic E-state index is -0.913. The molecule has 0 spiro atoms. The highest BCUT2D eigenvalue weighted by Crippen LogP contribution is 2.35. The van der Waals surface area contributed by atoms with Crippen LogP contribution in [0.1, 0.15) is 9.67 Å². The average molecular weight is 361 g/mol. The van der Waals surface area contributed by atoms with E-state index >= 15 is 0 Å². The quantitative estimate of drug-likeness (QED) is 0.533. The Hall–Kier alpha value is -3.18. The molecule has 2 aromatic carbocycles. The van der Waals surface area contributed by atoms with E-state index in [0.717, 1.165) is 38.1 Å². The molecule has 0 aliphatic rings. The number of carboxylic acid groups (broad SMARTS) is 1. The maximum atomic E-state index is 11.3. The van der Waals surface area contributed by atoms with Crippen LogP contribution in [0, 0.1) is 0 Å². The van der Waals surface area contributed by atoms with Crippen LogP contribution < -0.4 is 4.74 Å². The molecule has 0 amide bonds. The number of benzene rings is 2. The van der Waals surface area contributed by atoms with Gasteiger partial charge in [-0.15, -0.1) is 11.3 Å². The number of ether oxygens (including phenoxy) is 1. The highest BCUT2D eigenvalue weighted by molar-refractivity contribution is 7.20. The summed E-state index contributed by atoms with van der Waals surface area (Å²) in [5, 5.41) is 10.2. The van der Waals surface area contributed by atoms with E-state index in [2.05, 4.69) is 17.1 Å². The minimum Gasteiger partial charge on any atom is -0.497 e. The van der Waals surface area contributed by atoms with Crippen LogP contribution in [0.15, 0.2) is 67.0 Å². The number of nitrogens with zero attached hydrogens (tertiary/aromatic N) is 1. The van der Waals surface area contributed by atoms with Crippen LogP contribution in [0.3, 0.4) is 0 Å². The molecule has 0 radical (unpaired) electrons. The third kappa shape index (κ3) is 2.93. The number of thiophene rings is 1. The number of hydrogen-bond donors (Lipinski definition) is 1. The highest BCUT2D eigenvalue weighted by atomic mass is 32.1. The maximum absolute atomic E-state index is 11.3. The minimum absolute atomic E-state index is 0.320. The second kappa shape index (κ2) is 6.61. The molecule has 0 aliphatic heterocycles. The third-order valence-corrected chi connectivity index (χ3v) is 5.31. The Bertz CT molecular complexity index is 1100. The van der Waals surface area contributed by atoms with E-state index < -0.39 is 5.97 Å². The van der Waals surface area contributed by atoms with Gasteiger partial charge in [-0.25, -0.2) is 4.79 Å². The van der Waals surface area contributed by atoms with Crippen molar-refractivity contribution < 1.29 is 14.6 Å². The summed E-state index contributed by atoms with van der Waals surface area (Å²) in [6, 6.07) is 17.8. The van der Waals surface area contributed by atoms with Crippen molar-refractivity contribution in [3.05, 3.63) is 71.9 Å². The summed E-state index contributed by atoms with van der Waals surface area (Å²) in [5.41, 5.74) is 4.10. The molecule has 0 aliphatic carbocycles. The fourth-order valence-corrected chi connectivity index (χ4v) is 3.84. The topological polar surface area (TPSA) is 59.4 Å². The number of aromatic carboxylic acids is 1. The van der Waals surface area contributed by atoms with E-state index in [9.17, 15) is 9.90 Å². The summed E-state index contributed by atoms with van der Waals surface area (Å²) in [4.78, 5) is 15.9. The number of pyridine rings is 1. The second-order valence-electron chi connectivity index (χ2n) is 5.82. The zero-order chi connectivity index (χ0) is 18.1. The van der Waals surface area contributed by atoms with E-state index in [4.69, 9.17) is 4.74 Å². The number of hydrogen-bond acceptors (Lipinski definition) is 4. The van der Waals surface area contributed by atoms with Crippen molar-refractivity contribution in [2.75, 3.05) is 7.11 Å². The van der Waals surface area contributed by atoms with Crippen molar-refractivity contribution in [2.24, 2.45) is 0 Å². The number of aromatic nitrogens is 1. The molecule has 2 heterocycles. The van der Waals surface area contributed by atoms with Gasteiger partial charge in [-0.05, 0) is 41.0 Å². The standard InChI is InChI=1S/C21H15NO3S/c1-25-16-7-5-13(6-8-16)14-3-2-4-15(9-14)18-11-22-12-20-17(18)10-19(26-20)21(23)24/h2-12H,1H3,(H,23,24). The van der Waals surface area contributed by atoms with Gasteiger partial charge < -0.3 is 9.84 Å². The molecule has 4 aromatic rings. The van der Waals surface area contributed by atoms with Crippen molar-refractivity contribution in [3.63, 3.8) is 0 Å². The van der Waals surface area contributed by atoms with Crippen LogP contribution >= 0.6 is 11.3 Å². The van der Waals surface area contributed by atoms with Crippen molar-refractivity contribution in [3.8, 4) is 28.0 Å². The molecular weight excluding hydrogens is 346 g/mol. The second-order valence-corrected chi connectivity index (χ2v) is 6.91. The van der Waals surface area contributed by atoms with Gasteiger partial charge in [-0.1, -0.05) is 30.3 Å². The molecular formula is C21H15NO3S. The van der Waals surface area contributed by atoms with E-state index in [-0.39, 0.29) is 0 Å². The third-order valence-electron chi connectivity index (χ3n) is 4.25. The first-order chi connectivity index (χ1) is 12.7. The van der Waals surface area contributed by atoms with Gasteiger partial charge in [0.25, 0.3) is 0 Å². The van der Waals surface area contributed by atoms with E-state index in [1.807, 2.05) is 36.4 Å². The Morgan fingerprint density at radius 3 is 2.50 bits per heavy atom. The Balaban J connectivity index is 1.81. The highest BCUT2D eigenvalue weighted by Gasteiger charge is 2.13. The van der Waals surface area contributed by atoms with Crippen molar-refractivity contribution in [2.45, 2.75) is 0 Å². The monoisotopic (exact) mass is 361 g/mol. The first-order valence-electron chi connectivity index (χ1n) is 8.01. The Kier molecular flexibility index (Phi) is 4.14. The summed E-state index contributed by atoms with van der Waals surface area (Å²) in [6.45, 7) is 0. The summed E-state index contributed by atoms with van der Waals surface area (Å²) >= 11 is 1.24. The lowest BCUT2D eigenvalue weighted by Gasteiger charge is -2.08. The van der Waals surface area contributed by atoms with E-state index in [1.165, 1.54) is 11.3 Å². The van der Waals surface area contributed by atoms with Crippen LogP contribution in [-0.2, 0) is 0 Å². The van der Waals surface area contributed by atoms with Crippen molar-refractivity contribution >= 4 is 27.4 Å². The van der Waals surface area contributed by atoms with Crippen LogP contribution in [-0.4, -0.2) is 23.2 Å². The average Bonchev–Trinajstić information content (AvgIpc) is 3.13. The van der Waals surface area contributed by atoms with Gasteiger partial charge in [0.15, 0.2) is 0 Å². The van der Waals surface area contributed by atoms with E-state index in [0.29, 0.717) is 4.88 Å². The smallest absolute Gasteiger partial charge is 0.345 e. The molecule has 0 fully saturated rings. The SMILES string of the molecule is COc1ccc(-c2cccc(-c3cncc4sc(C(=O)O)cc34)c2)cc1. The number of rotatable bonds is 4. The first kappa shape index (κ1) is 16.3. The molecule has 1 N–H and O–H groups in total. The molecule has 5 heteroatoms. The summed E-state index contributed by atoms with van der Waals surface area (Å²) < 4.78 is 6.08. The zero-order valence-electron chi connectivity index (χ0n) is 14.0. The molecule has 0 saturated carbocycles. The van der Waals surface area contributed by atoms with Crippen LogP contribution in [0.4, 0.5) is 0 Å². The molecule has 0 unspecified atom stereocenters. The van der Waals surface area contributed by atoms with Gasteiger partial charge in [-0.2, -0.15) is 0 Å². The lowest BCUT2D eigenvalue weighted by molar-refractivity contribution is 0.0702. The summed E-state index contributed by atoms with van der Waals surface area (Å²) in [5.74, 6) is -0.0949. The fourth-order valence-electron chi connectivity index (χ4n) is 2.95. The van der Waals surface area contributed by atoms with Gasteiger partial charge in [0, 0.05) is 23.3 Å². The molecule has 4 rings (SSSR count). The van der Waals surface area contributed by atoms with Crippen molar-refractivity contribution in [1.29, 1.82) is 0 Å². The van der Waals surface area contributed by atoms with Gasteiger partial charge in [0.2, 0.25) is 0 Å². The molecule has 0 bridgehead atoms. The molecule has 26 heavy (non-hydrogen) atoms. The lowest BCUT2D eigenvalue weighted by atomic mass is 9.98.